The number of carbonyl (C=O) groups is 2. The number of benzene rings is 1. The Bertz CT molecular complexity index is 600. The number of nitrogens with zero attached hydrogens (tertiary/aromatic N) is 2. The van der Waals surface area contributed by atoms with Gasteiger partial charge in [-0.25, -0.2) is 0 Å². The molecule has 2 aliphatic rings. The minimum absolute atomic E-state index is 0.0334. The Balaban J connectivity index is 1.44. The highest BCUT2D eigenvalue weighted by molar-refractivity contribution is 5.94. The molecule has 26 heavy (non-hydrogen) atoms. The maximum Gasteiger partial charge on any atom is 0.253 e. The zero-order valence-electron chi connectivity index (χ0n) is 15.8. The third-order valence-electron chi connectivity index (χ3n) is 5.57. The molecule has 142 valence electrons. The predicted octanol–water partition coefficient (Wildman–Crippen LogP) is 3.34. The number of ether oxygens (including phenoxy) is 1. The van der Waals surface area contributed by atoms with Gasteiger partial charge in [0, 0.05) is 38.2 Å². The van der Waals surface area contributed by atoms with Crippen LogP contribution in [0.1, 0.15) is 55.8 Å². The van der Waals surface area contributed by atoms with E-state index in [1.807, 2.05) is 41.0 Å². The third kappa shape index (κ3) is 4.77. The highest BCUT2D eigenvalue weighted by atomic mass is 16.5. The minimum atomic E-state index is 0.0334. The van der Waals surface area contributed by atoms with Gasteiger partial charge in [-0.05, 0) is 43.5 Å². The van der Waals surface area contributed by atoms with Gasteiger partial charge in [0.2, 0.25) is 5.91 Å². The van der Waals surface area contributed by atoms with E-state index in [2.05, 4.69) is 0 Å². The van der Waals surface area contributed by atoms with Crippen LogP contribution in [0, 0.1) is 5.92 Å². The summed E-state index contributed by atoms with van der Waals surface area (Å²) in [5.74, 6) is 1.82. The summed E-state index contributed by atoms with van der Waals surface area (Å²) in [6, 6.07) is 7.29. The van der Waals surface area contributed by atoms with Crippen molar-refractivity contribution in [3.63, 3.8) is 0 Å². The molecule has 2 fully saturated rings. The van der Waals surface area contributed by atoms with Crippen molar-refractivity contribution in [3.05, 3.63) is 29.8 Å². The van der Waals surface area contributed by atoms with Crippen LogP contribution in [0.25, 0.3) is 0 Å². The Morgan fingerprint density at radius 3 is 2.23 bits per heavy atom. The average Bonchev–Trinajstić information content (AvgIpc) is 3.20. The first-order valence-corrected chi connectivity index (χ1v) is 9.97. The molecule has 1 heterocycles. The fraction of sp³-hybridized carbons (Fsp3) is 0.619. The van der Waals surface area contributed by atoms with Gasteiger partial charge in [0.25, 0.3) is 5.91 Å². The van der Waals surface area contributed by atoms with Gasteiger partial charge >= 0.3 is 0 Å². The average molecular weight is 358 g/mol. The molecule has 1 aromatic carbocycles. The van der Waals surface area contributed by atoms with E-state index in [1.165, 1.54) is 25.7 Å². The molecule has 1 saturated carbocycles. The highest BCUT2D eigenvalue weighted by Crippen LogP contribution is 2.28. The molecule has 5 nitrogen and oxygen atoms in total. The summed E-state index contributed by atoms with van der Waals surface area (Å²) in [5.41, 5.74) is 0.675. The second-order valence-corrected chi connectivity index (χ2v) is 7.32. The lowest BCUT2D eigenvalue weighted by atomic mass is 10.0. The third-order valence-corrected chi connectivity index (χ3v) is 5.57. The Morgan fingerprint density at radius 2 is 1.62 bits per heavy atom. The van der Waals surface area contributed by atoms with Gasteiger partial charge in [0.1, 0.15) is 5.75 Å². The van der Waals surface area contributed by atoms with Crippen LogP contribution in [0.15, 0.2) is 24.3 Å². The smallest absolute Gasteiger partial charge is 0.253 e. The minimum Gasteiger partial charge on any atom is -0.494 e. The van der Waals surface area contributed by atoms with Gasteiger partial charge < -0.3 is 14.5 Å². The fourth-order valence-electron chi connectivity index (χ4n) is 3.99. The number of hydrogen-bond acceptors (Lipinski definition) is 3. The lowest BCUT2D eigenvalue weighted by molar-refractivity contribution is -0.133. The van der Waals surface area contributed by atoms with Crippen LogP contribution in [0.3, 0.4) is 0 Å². The Hall–Kier alpha value is -2.04. The Morgan fingerprint density at radius 1 is 1.00 bits per heavy atom. The second-order valence-electron chi connectivity index (χ2n) is 7.32. The monoisotopic (exact) mass is 358 g/mol. The van der Waals surface area contributed by atoms with Crippen molar-refractivity contribution in [3.8, 4) is 5.75 Å². The maximum atomic E-state index is 12.6. The fourth-order valence-corrected chi connectivity index (χ4v) is 3.99. The molecule has 3 rings (SSSR count). The molecule has 5 heteroatoms. The SMILES string of the molecule is CCOc1ccc(C(=O)N2CCN(C(=O)CCC3CCCC3)CC2)cc1. The first-order chi connectivity index (χ1) is 12.7. The Labute approximate surface area is 156 Å². The molecule has 0 bridgehead atoms. The summed E-state index contributed by atoms with van der Waals surface area (Å²) >= 11 is 0. The largest absolute Gasteiger partial charge is 0.494 e. The summed E-state index contributed by atoms with van der Waals surface area (Å²) in [7, 11) is 0. The van der Waals surface area contributed by atoms with Crippen molar-refractivity contribution in [2.45, 2.75) is 45.4 Å². The van der Waals surface area contributed by atoms with E-state index in [4.69, 9.17) is 4.74 Å². The van der Waals surface area contributed by atoms with E-state index >= 15 is 0 Å². The van der Waals surface area contributed by atoms with Crippen molar-refractivity contribution in [1.82, 2.24) is 9.80 Å². The maximum absolute atomic E-state index is 12.6. The number of rotatable bonds is 6. The Kier molecular flexibility index (Phi) is 6.53. The van der Waals surface area contributed by atoms with E-state index in [-0.39, 0.29) is 11.8 Å². The van der Waals surface area contributed by atoms with Crippen molar-refractivity contribution >= 4 is 11.8 Å². The summed E-state index contributed by atoms with van der Waals surface area (Å²) in [6.07, 6.45) is 6.92. The molecule has 0 radical (unpaired) electrons. The lowest BCUT2D eigenvalue weighted by Gasteiger charge is -2.35. The first kappa shape index (κ1) is 18.7. The van der Waals surface area contributed by atoms with Gasteiger partial charge in [-0.15, -0.1) is 0 Å². The summed E-state index contributed by atoms with van der Waals surface area (Å²) in [4.78, 5) is 28.8. The lowest BCUT2D eigenvalue weighted by Crippen LogP contribution is -2.50. The van der Waals surface area contributed by atoms with Crippen LogP contribution >= 0.6 is 0 Å². The summed E-state index contributed by atoms with van der Waals surface area (Å²) in [5, 5.41) is 0. The van der Waals surface area contributed by atoms with Crippen LogP contribution < -0.4 is 4.74 Å². The number of piperazine rings is 1. The van der Waals surface area contributed by atoms with Gasteiger partial charge in [-0.1, -0.05) is 25.7 Å². The van der Waals surface area contributed by atoms with E-state index in [9.17, 15) is 9.59 Å². The van der Waals surface area contributed by atoms with E-state index in [0.29, 0.717) is 44.8 Å². The zero-order chi connectivity index (χ0) is 18.4. The molecule has 1 saturated heterocycles. The molecule has 0 aromatic heterocycles. The van der Waals surface area contributed by atoms with Crippen molar-refractivity contribution < 1.29 is 14.3 Å². The quantitative estimate of drug-likeness (QED) is 0.784. The highest BCUT2D eigenvalue weighted by Gasteiger charge is 2.25. The number of carbonyl (C=O) groups excluding carboxylic acids is 2. The second kappa shape index (κ2) is 9.06. The van der Waals surface area contributed by atoms with Crippen LogP contribution in [0.5, 0.6) is 5.75 Å². The van der Waals surface area contributed by atoms with E-state index in [1.54, 1.807) is 0 Å². The van der Waals surface area contributed by atoms with Crippen molar-refractivity contribution in [2.75, 3.05) is 32.8 Å². The number of amides is 2. The van der Waals surface area contributed by atoms with Crippen LogP contribution in [0.4, 0.5) is 0 Å². The van der Waals surface area contributed by atoms with E-state index in [0.717, 1.165) is 18.1 Å². The zero-order valence-corrected chi connectivity index (χ0v) is 15.8. The van der Waals surface area contributed by atoms with Gasteiger partial charge in [-0.3, -0.25) is 9.59 Å². The van der Waals surface area contributed by atoms with Gasteiger partial charge in [0.05, 0.1) is 6.61 Å². The van der Waals surface area contributed by atoms with Crippen molar-refractivity contribution in [1.29, 1.82) is 0 Å². The first-order valence-electron chi connectivity index (χ1n) is 9.97. The molecule has 1 aliphatic heterocycles. The molecule has 0 spiro atoms. The molecule has 1 aliphatic carbocycles. The van der Waals surface area contributed by atoms with Crippen LogP contribution in [-0.2, 0) is 4.79 Å². The summed E-state index contributed by atoms with van der Waals surface area (Å²) < 4.78 is 5.42. The molecular formula is C21H30N2O3. The summed E-state index contributed by atoms with van der Waals surface area (Å²) in [6.45, 7) is 5.07. The van der Waals surface area contributed by atoms with Crippen LogP contribution in [-0.4, -0.2) is 54.4 Å². The number of hydrogen-bond donors (Lipinski definition) is 0. The molecule has 0 unspecified atom stereocenters. The van der Waals surface area contributed by atoms with Gasteiger partial charge in [0.15, 0.2) is 0 Å². The standard InChI is InChI=1S/C21H30N2O3/c1-2-26-19-10-8-18(9-11-19)21(25)23-15-13-22(14-16-23)20(24)12-7-17-5-3-4-6-17/h8-11,17H,2-7,12-16H2,1H3. The molecule has 0 N–H and O–H groups in total. The normalized spacial score (nSPS) is 18.2. The van der Waals surface area contributed by atoms with E-state index < -0.39 is 0 Å². The topological polar surface area (TPSA) is 49.9 Å². The van der Waals surface area contributed by atoms with Gasteiger partial charge in [-0.2, -0.15) is 0 Å². The van der Waals surface area contributed by atoms with Crippen molar-refractivity contribution in [2.24, 2.45) is 5.92 Å². The molecular weight excluding hydrogens is 328 g/mol. The predicted molar refractivity (Wildman–Crippen MR) is 101 cm³/mol. The molecule has 2 amide bonds. The van der Waals surface area contributed by atoms with Crippen LogP contribution in [0.2, 0.25) is 0 Å². The molecule has 1 aromatic rings. The molecule has 0 atom stereocenters.